The van der Waals surface area contributed by atoms with Crippen molar-refractivity contribution >= 4 is 5.97 Å². The molecule has 0 saturated carbocycles. The maximum Gasteiger partial charge on any atom is 0.323 e. The summed E-state index contributed by atoms with van der Waals surface area (Å²) in [6.07, 6.45) is 7.96. The van der Waals surface area contributed by atoms with Gasteiger partial charge in [0, 0.05) is 12.6 Å². The van der Waals surface area contributed by atoms with Crippen LogP contribution in [0.2, 0.25) is 0 Å². The Morgan fingerprint density at radius 1 is 1.35 bits per heavy atom. The largest absolute Gasteiger partial charge is 0.480 e. The number of aliphatic carboxylic acids is 1. The third-order valence-corrected chi connectivity index (χ3v) is 4.51. The summed E-state index contributed by atoms with van der Waals surface area (Å²) in [5, 5.41) is 12.7. The predicted molar refractivity (Wildman–Crippen MR) is 83.1 cm³/mol. The number of likely N-dealkylation sites (tertiary alicyclic amines) is 1. The van der Waals surface area contributed by atoms with E-state index in [2.05, 4.69) is 24.1 Å². The minimum absolute atomic E-state index is 0.665. The molecule has 2 N–H and O–H groups in total. The summed E-state index contributed by atoms with van der Waals surface area (Å²) >= 11 is 0. The van der Waals surface area contributed by atoms with Crippen molar-refractivity contribution in [2.45, 2.75) is 77.3 Å². The maximum absolute atomic E-state index is 11.5. The molecular weight excluding hydrogens is 252 g/mol. The van der Waals surface area contributed by atoms with Gasteiger partial charge in [-0.15, -0.1) is 0 Å². The van der Waals surface area contributed by atoms with Gasteiger partial charge in [0.15, 0.2) is 0 Å². The first-order valence-corrected chi connectivity index (χ1v) is 8.26. The fourth-order valence-electron chi connectivity index (χ4n) is 3.05. The average Bonchev–Trinajstić information content (AvgIpc) is 2.44. The topological polar surface area (TPSA) is 52.6 Å². The summed E-state index contributed by atoms with van der Waals surface area (Å²) in [4.78, 5) is 14.0. The van der Waals surface area contributed by atoms with E-state index in [0.29, 0.717) is 12.5 Å². The molecule has 2 atom stereocenters. The molecule has 0 aromatic heterocycles. The first-order valence-electron chi connectivity index (χ1n) is 8.26. The molecule has 2 unspecified atom stereocenters. The number of carboxylic acid groups (broad SMARTS) is 1. The summed E-state index contributed by atoms with van der Waals surface area (Å²) < 4.78 is 0. The highest BCUT2D eigenvalue weighted by Crippen LogP contribution is 2.22. The Labute approximate surface area is 123 Å². The van der Waals surface area contributed by atoms with Crippen LogP contribution < -0.4 is 5.32 Å². The normalized spacial score (nSPS) is 23.4. The van der Waals surface area contributed by atoms with Gasteiger partial charge in [0.1, 0.15) is 5.54 Å². The van der Waals surface area contributed by atoms with Crippen molar-refractivity contribution in [3.63, 3.8) is 0 Å². The zero-order valence-corrected chi connectivity index (χ0v) is 13.5. The molecule has 1 saturated heterocycles. The van der Waals surface area contributed by atoms with Crippen molar-refractivity contribution in [1.29, 1.82) is 0 Å². The molecule has 1 rings (SSSR count). The number of piperidine rings is 1. The van der Waals surface area contributed by atoms with Crippen LogP contribution in [-0.4, -0.2) is 47.2 Å². The molecule has 0 spiro atoms. The number of carboxylic acids is 1. The van der Waals surface area contributed by atoms with Gasteiger partial charge >= 0.3 is 5.97 Å². The van der Waals surface area contributed by atoms with Crippen molar-refractivity contribution in [3.05, 3.63) is 0 Å². The number of hydrogen-bond donors (Lipinski definition) is 2. The van der Waals surface area contributed by atoms with Gasteiger partial charge in [0.05, 0.1) is 0 Å². The van der Waals surface area contributed by atoms with E-state index in [1.807, 2.05) is 6.92 Å². The van der Waals surface area contributed by atoms with Crippen LogP contribution in [0.15, 0.2) is 0 Å². The number of hydrogen-bond acceptors (Lipinski definition) is 3. The molecule has 4 nitrogen and oxygen atoms in total. The summed E-state index contributed by atoms with van der Waals surface area (Å²) in [5.74, 6) is -0.727. The van der Waals surface area contributed by atoms with Gasteiger partial charge in [-0.2, -0.15) is 0 Å². The van der Waals surface area contributed by atoms with Crippen LogP contribution in [0.1, 0.15) is 65.7 Å². The molecule has 4 heteroatoms. The van der Waals surface area contributed by atoms with Gasteiger partial charge in [-0.3, -0.25) is 4.79 Å². The number of nitrogens with zero attached hydrogens (tertiary/aromatic N) is 1. The molecule has 0 aliphatic carbocycles. The van der Waals surface area contributed by atoms with Crippen LogP contribution >= 0.6 is 0 Å². The van der Waals surface area contributed by atoms with Gasteiger partial charge in [-0.25, -0.2) is 0 Å². The van der Waals surface area contributed by atoms with Crippen LogP contribution in [0.4, 0.5) is 0 Å². The van der Waals surface area contributed by atoms with E-state index < -0.39 is 11.5 Å². The second-order valence-corrected chi connectivity index (χ2v) is 6.29. The Morgan fingerprint density at radius 3 is 2.70 bits per heavy atom. The Kier molecular flexibility index (Phi) is 7.52. The Bertz CT molecular complexity index is 294. The Balaban J connectivity index is 2.54. The van der Waals surface area contributed by atoms with Crippen LogP contribution in [0, 0.1) is 0 Å². The maximum atomic E-state index is 11.5. The monoisotopic (exact) mass is 284 g/mol. The summed E-state index contributed by atoms with van der Waals surface area (Å²) in [7, 11) is 0. The molecule has 0 aromatic carbocycles. The molecule has 0 radical (unpaired) electrons. The van der Waals surface area contributed by atoms with Gasteiger partial charge in [0.25, 0.3) is 0 Å². The summed E-state index contributed by atoms with van der Waals surface area (Å²) in [6, 6.07) is 0.665. The van der Waals surface area contributed by atoms with Gasteiger partial charge in [-0.1, -0.05) is 26.7 Å². The summed E-state index contributed by atoms with van der Waals surface area (Å²) in [5.41, 5.74) is -0.787. The lowest BCUT2D eigenvalue weighted by Crippen LogP contribution is -2.52. The average molecular weight is 284 g/mol. The van der Waals surface area contributed by atoms with Crippen molar-refractivity contribution in [3.8, 4) is 0 Å². The molecule has 1 fully saturated rings. The van der Waals surface area contributed by atoms with Gasteiger partial charge < -0.3 is 15.3 Å². The fourth-order valence-corrected chi connectivity index (χ4v) is 3.05. The highest BCUT2D eigenvalue weighted by molar-refractivity contribution is 5.78. The molecule has 1 heterocycles. The van der Waals surface area contributed by atoms with E-state index >= 15 is 0 Å². The molecule has 20 heavy (non-hydrogen) atoms. The van der Waals surface area contributed by atoms with Crippen LogP contribution in [0.25, 0.3) is 0 Å². The number of rotatable bonds is 9. The van der Waals surface area contributed by atoms with Crippen molar-refractivity contribution in [1.82, 2.24) is 10.2 Å². The zero-order chi connectivity index (χ0) is 15.0. The minimum atomic E-state index is -0.787. The van der Waals surface area contributed by atoms with Crippen LogP contribution in [0.5, 0.6) is 0 Å². The second-order valence-electron chi connectivity index (χ2n) is 6.29. The molecule has 1 aliphatic rings. The van der Waals surface area contributed by atoms with Gasteiger partial charge in [-0.05, 0) is 52.1 Å². The highest BCUT2D eigenvalue weighted by atomic mass is 16.4. The predicted octanol–water partition coefficient (Wildman–Crippen LogP) is 2.87. The van der Waals surface area contributed by atoms with E-state index in [9.17, 15) is 9.90 Å². The van der Waals surface area contributed by atoms with E-state index in [-0.39, 0.29) is 0 Å². The molecular formula is C16H32N2O2. The highest BCUT2D eigenvalue weighted by Gasteiger charge is 2.33. The lowest BCUT2D eigenvalue weighted by Gasteiger charge is -2.38. The quantitative estimate of drug-likeness (QED) is 0.683. The smallest absolute Gasteiger partial charge is 0.323 e. The van der Waals surface area contributed by atoms with Crippen LogP contribution in [0.3, 0.4) is 0 Å². The van der Waals surface area contributed by atoms with E-state index in [1.165, 1.54) is 32.1 Å². The first kappa shape index (κ1) is 17.4. The van der Waals surface area contributed by atoms with Crippen molar-refractivity contribution < 1.29 is 9.90 Å². The third-order valence-electron chi connectivity index (χ3n) is 4.51. The standard InChI is InChI=1S/C16H32N2O2/c1-4-8-14-9-6-7-12-18(14)13-10-16(3,15(19)20)17-11-5-2/h14,17H,4-13H2,1-3H3,(H,19,20). The minimum Gasteiger partial charge on any atom is -0.480 e. The molecule has 118 valence electrons. The zero-order valence-electron chi connectivity index (χ0n) is 13.5. The SMILES string of the molecule is CCCNC(C)(CCN1CCCCC1CCC)C(=O)O. The Hall–Kier alpha value is -0.610. The lowest BCUT2D eigenvalue weighted by atomic mass is 9.94. The molecule has 0 aromatic rings. The lowest BCUT2D eigenvalue weighted by molar-refractivity contribution is -0.144. The first-order chi connectivity index (χ1) is 9.53. The summed E-state index contributed by atoms with van der Waals surface area (Å²) in [6.45, 7) is 8.91. The molecule has 1 aliphatic heterocycles. The van der Waals surface area contributed by atoms with E-state index in [0.717, 1.165) is 26.1 Å². The fraction of sp³-hybridized carbons (Fsp3) is 0.938. The molecule has 0 bridgehead atoms. The number of nitrogens with one attached hydrogen (secondary N) is 1. The Morgan fingerprint density at radius 2 is 2.10 bits per heavy atom. The van der Waals surface area contributed by atoms with E-state index in [1.54, 1.807) is 0 Å². The van der Waals surface area contributed by atoms with Crippen molar-refractivity contribution in [2.75, 3.05) is 19.6 Å². The third kappa shape index (κ3) is 5.06. The van der Waals surface area contributed by atoms with Crippen molar-refractivity contribution in [2.24, 2.45) is 0 Å². The molecule has 0 amide bonds. The second kappa shape index (κ2) is 8.63. The van der Waals surface area contributed by atoms with Gasteiger partial charge in [0.2, 0.25) is 0 Å². The van der Waals surface area contributed by atoms with Crippen LogP contribution in [-0.2, 0) is 4.79 Å². The van der Waals surface area contributed by atoms with E-state index in [4.69, 9.17) is 0 Å². The number of carbonyl (C=O) groups is 1.